The maximum absolute atomic E-state index is 12.4. The zero-order valence-corrected chi connectivity index (χ0v) is 15.7. The second-order valence-corrected chi connectivity index (χ2v) is 8.39. The van der Waals surface area contributed by atoms with Crippen molar-refractivity contribution in [3.63, 3.8) is 0 Å². The summed E-state index contributed by atoms with van der Waals surface area (Å²) in [5, 5.41) is 2.76. The molecule has 4 heteroatoms. The van der Waals surface area contributed by atoms with Crippen LogP contribution in [0, 0.1) is 17.3 Å². The van der Waals surface area contributed by atoms with Crippen LogP contribution in [0.2, 0.25) is 0 Å². The monoisotopic (exact) mass is 313 g/mol. The average molecular weight is 313 g/mol. The molecule has 0 rings (SSSR count). The van der Waals surface area contributed by atoms with Gasteiger partial charge in [-0.05, 0) is 39.5 Å². The second-order valence-electron chi connectivity index (χ2n) is 8.39. The van der Waals surface area contributed by atoms with Crippen LogP contribution in [0.15, 0.2) is 0 Å². The number of rotatable bonds is 7. The third-order valence-corrected chi connectivity index (χ3v) is 3.49. The van der Waals surface area contributed by atoms with E-state index in [1.807, 2.05) is 41.5 Å². The molecule has 0 bridgehead atoms. The van der Waals surface area contributed by atoms with Gasteiger partial charge in [-0.3, -0.25) is 4.79 Å². The molecule has 0 aromatic heterocycles. The first-order valence-electron chi connectivity index (χ1n) is 8.36. The van der Waals surface area contributed by atoms with Gasteiger partial charge in [-0.25, -0.2) is 4.79 Å². The van der Waals surface area contributed by atoms with Gasteiger partial charge < -0.3 is 10.1 Å². The highest BCUT2D eigenvalue weighted by molar-refractivity contribution is 5.86. The first-order valence-corrected chi connectivity index (χ1v) is 8.36. The van der Waals surface area contributed by atoms with Gasteiger partial charge >= 0.3 is 6.09 Å². The van der Waals surface area contributed by atoms with Gasteiger partial charge in [-0.2, -0.15) is 0 Å². The molecule has 0 saturated heterocycles. The Morgan fingerprint density at radius 2 is 1.55 bits per heavy atom. The first-order chi connectivity index (χ1) is 9.84. The van der Waals surface area contributed by atoms with Crippen LogP contribution in [0.5, 0.6) is 0 Å². The van der Waals surface area contributed by atoms with Crippen molar-refractivity contribution in [2.24, 2.45) is 17.3 Å². The number of ether oxygens (including phenoxy) is 1. The van der Waals surface area contributed by atoms with Crippen molar-refractivity contribution in [3.05, 3.63) is 0 Å². The van der Waals surface area contributed by atoms with Crippen molar-refractivity contribution in [2.75, 3.05) is 6.54 Å². The van der Waals surface area contributed by atoms with E-state index in [9.17, 15) is 9.59 Å². The van der Waals surface area contributed by atoms with E-state index in [1.165, 1.54) is 0 Å². The van der Waals surface area contributed by atoms with Crippen molar-refractivity contribution in [1.82, 2.24) is 5.32 Å². The van der Waals surface area contributed by atoms with Gasteiger partial charge in [0.15, 0.2) is 0 Å². The minimum Gasteiger partial charge on any atom is -0.444 e. The summed E-state index contributed by atoms with van der Waals surface area (Å²) in [5.74, 6) is 0.787. The Bertz CT molecular complexity index is 362. The Labute approximate surface area is 136 Å². The number of carbonyl (C=O) groups excluding carboxylic acids is 2. The highest BCUT2D eigenvalue weighted by atomic mass is 16.6. The van der Waals surface area contributed by atoms with E-state index in [0.29, 0.717) is 18.2 Å². The third-order valence-electron chi connectivity index (χ3n) is 3.49. The van der Waals surface area contributed by atoms with Crippen molar-refractivity contribution in [3.8, 4) is 0 Å². The number of hydrogen-bond acceptors (Lipinski definition) is 3. The summed E-state index contributed by atoms with van der Waals surface area (Å²) >= 11 is 0. The van der Waals surface area contributed by atoms with E-state index >= 15 is 0 Å². The average Bonchev–Trinajstić information content (AvgIpc) is 2.28. The maximum Gasteiger partial charge on any atom is 0.407 e. The number of amides is 1. The SMILES string of the molecule is CC(C)[C@@H](CCCCNC(=O)OC(C)(C)C)C(=O)C(C)(C)C. The lowest BCUT2D eigenvalue weighted by Crippen LogP contribution is -2.33. The van der Waals surface area contributed by atoms with E-state index in [0.717, 1.165) is 19.3 Å². The van der Waals surface area contributed by atoms with Gasteiger partial charge in [0.25, 0.3) is 0 Å². The minimum absolute atomic E-state index is 0.0986. The van der Waals surface area contributed by atoms with Crippen molar-refractivity contribution >= 4 is 11.9 Å². The fourth-order valence-corrected chi connectivity index (χ4v) is 2.32. The highest BCUT2D eigenvalue weighted by Gasteiger charge is 2.30. The molecular formula is C18H35NO3. The fourth-order valence-electron chi connectivity index (χ4n) is 2.32. The van der Waals surface area contributed by atoms with Gasteiger partial charge in [-0.1, -0.05) is 41.0 Å². The van der Waals surface area contributed by atoms with Crippen LogP contribution in [0.3, 0.4) is 0 Å². The summed E-state index contributed by atoms with van der Waals surface area (Å²) in [6.45, 7) is 16.3. The molecule has 1 amide bonds. The smallest absolute Gasteiger partial charge is 0.407 e. The summed E-state index contributed by atoms with van der Waals surface area (Å²) in [5.41, 5.74) is -0.754. The van der Waals surface area contributed by atoms with Gasteiger partial charge in [0.05, 0.1) is 0 Å². The van der Waals surface area contributed by atoms with Crippen molar-refractivity contribution < 1.29 is 14.3 Å². The Morgan fingerprint density at radius 1 is 1.00 bits per heavy atom. The standard InChI is InChI=1S/C18H35NO3/c1-13(2)14(15(20)17(3,4)5)11-9-10-12-19-16(21)22-18(6,7)8/h13-14H,9-12H2,1-8H3,(H,19,21)/t14-/m1/s1. The molecule has 0 radical (unpaired) electrons. The molecule has 0 aromatic carbocycles. The predicted molar refractivity (Wildman–Crippen MR) is 90.9 cm³/mol. The first kappa shape index (κ1) is 20.9. The number of ketones is 1. The molecule has 1 N–H and O–H groups in total. The van der Waals surface area contributed by atoms with Crippen LogP contribution in [-0.4, -0.2) is 24.0 Å². The zero-order valence-electron chi connectivity index (χ0n) is 15.7. The molecule has 0 saturated carbocycles. The largest absolute Gasteiger partial charge is 0.444 e. The predicted octanol–water partition coefficient (Wildman–Crippen LogP) is 4.57. The van der Waals surface area contributed by atoms with Gasteiger partial charge in [0.1, 0.15) is 11.4 Å². The molecule has 0 aliphatic carbocycles. The number of alkyl carbamates (subject to hydrolysis) is 1. The van der Waals surface area contributed by atoms with E-state index < -0.39 is 5.60 Å². The quantitative estimate of drug-likeness (QED) is 0.700. The molecule has 0 aromatic rings. The topological polar surface area (TPSA) is 55.4 Å². The summed E-state index contributed by atoms with van der Waals surface area (Å²) < 4.78 is 5.18. The lowest BCUT2D eigenvalue weighted by molar-refractivity contribution is -0.132. The molecule has 0 unspecified atom stereocenters. The van der Waals surface area contributed by atoms with Gasteiger partial charge in [0.2, 0.25) is 0 Å². The van der Waals surface area contributed by atoms with Gasteiger partial charge in [0, 0.05) is 17.9 Å². The van der Waals surface area contributed by atoms with Crippen LogP contribution in [-0.2, 0) is 9.53 Å². The van der Waals surface area contributed by atoms with E-state index in [2.05, 4.69) is 19.2 Å². The molecule has 0 fully saturated rings. The molecule has 1 atom stereocenters. The van der Waals surface area contributed by atoms with Crippen LogP contribution in [0.4, 0.5) is 4.79 Å². The summed E-state index contributed by atoms with van der Waals surface area (Å²) in [6.07, 6.45) is 2.29. The van der Waals surface area contributed by atoms with Crippen molar-refractivity contribution in [1.29, 1.82) is 0 Å². The summed E-state index contributed by atoms with van der Waals surface area (Å²) in [4.78, 5) is 24.0. The number of carbonyl (C=O) groups is 2. The van der Waals surface area contributed by atoms with Crippen LogP contribution in [0.1, 0.15) is 74.7 Å². The molecule has 0 spiro atoms. The Hall–Kier alpha value is -1.06. The summed E-state index contributed by atoms with van der Waals surface area (Å²) in [7, 11) is 0. The molecule has 4 nitrogen and oxygen atoms in total. The van der Waals surface area contributed by atoms with Gasteiger partial charge in [-0.15, -0.1) is 0 Å². The second kappa shape index (κ2) is 8.54. The van der Waals surface area contributed by atoms with E-state index in [-0.39, 0.29) is 17.4 Å². The Kier molecular flexibility index (Phi) is 8.13. The van der Waals surface area contributed by atoms with Crippen LogP contribution < -0.4 is 5.32 Å². The summed E-state index contributed by atoms with van der Waals surface area (Å²) in [6, 6.07) is 0. The molecule has 130 valence electrons. The molecule has 0 aliphatic rings. The lowest BCUT2D eigenvalue weighted by atomic mass is 9.76. The number of Topliss-reactive ketones (excluding diaryl/α,β-unsaturated/α-hetero) is 1. The highest BCUT2D eigenvalue weighted by Crippen LogP contribution is 2.28. The van der Waals surface area contributed by atoms with E-state index in [4.69, 9.17) is 4.74 Å². The maximum atomic E-state index is 12.4. The molecular weight excluding hydrogens is 278 g/mol. The van der Waals surface area contributed by atoms with E-state index in [1.54, 1.807) is 0 Å². The lowest BCUT2D eigenvalue weighted by Gasteiger charge is -2.27. The van der Waals surface area contributed by atoms with Crippen molar-refractivity contribution in [2.45, 2.75) is 80.3 Å². The Balaban J connectivity index is 4.12. The number of hydrogen-bond donors (Lipinski definition) is 1. The minimum atomic E-state index is -0.466. The zero-order chi connectivity index (χ0) is 17.6. The van der Waals surface area contributed by atoms with Crippen LogP contribution >= 0.6 is 0 Å². The van der Waals surface area contributed by atoms with Crippen LogP contribution in [0.25, 0.3) is 0 Å². The molecule has 0 heterocycles. The normalized spacial score (nSPS) is 13.9. The number of unbranched alkanes of at least 4 members (excludes halogenated alkanes) is 1. The Morgan fingerprint density at radius 3 is 1.95 bits per heavy atom. The fraction of sp³-hybridized carbons (Fsp3) is 0.889. The number of nitrogens with one attached hydrogen (secondary N) is 1. The third kappa shape index (κ3) is 9.06. The molecule has 22 heavy (non-hydrogen) atoms. The molecule has 0 aliphatic heterocycles.